The van der Waals surface area contributed by atoms with E-state index in [-0.39, 0.29) is 5.41 Å². The summed E-state index contributed by atoms with van der Waals surface area (Å²) in [5, 5.41) is 6.81. The van der Waals surface area contributed by atoms with E-state index in [0.29, 0.717) is 17.9 Å². The Hall–Kier alpha value is -0.570. The maximum absolute atomic E-state index is 12.9. The van der Waals surface area contributed by atoms with Gasteiger partial charge in [0.15, 0.2) is 0 Å². The molecular formula is C17H32N2O. The van der Waals surface area contributed by atoms with Crippen molar-refractivity contribution in [3.8, 4) is 0 Å². The smallest absolute Gasteiger partial charge is 0.226 e. The SMILES string of the molecule is CCCC1(C(=O)NC2CCC(CC)C2C)CCNCC1. The normalized spacial score (nSPS) is 33.0. The largest absolute Gasteiger partial charge is 0.353 e. The van der Waals surface area contributed by atoms with Crippen LogP contribution in [-0.4, -0.2) is 25.0 Å². The van der Waals surface area contributed by atoms with E-state index in [4.69, 9.17) is 0 Å². The third-order valence-electron chi connectivity index (χ3n) is 5.84. The molecular weight excluding hydrogens is 248 g/mol. The number of carbonyl (C=O) groups excluding carboxylic acids is 1. The molecule has 0 aromatic carbocycles. The van der Waals surface area contributed by atoms with Gasteiger partial charge in [0.25, 0.3) is 0 Å². The second kappa shape index (κ2) is 6.93. The van der Waals surface area contributed by atoms with Crippen LogP contribution in [0.1, 0.15) is 65.7 Å². The zero-order valence-electron chi connectivity index (χ0n) is 13.5. The van der Waals surface area contributed by atoms with Crippen LogP contribution >= 0.6 is 0 Å². The van der Waals surface area contributed by atoms with Crippen molar-refractivity contribution in [1.82, 2.24) is 10.6 Å². The molecule has 0 bridgehead atoms. The molecule has 116 valence electrons. The maximum atomic E-state index is 12.9. The van der Waals surface area contributed by atoms with Crippen molar-refractivity contribution in [3.05, 3.63) is 0 Å². The molecule has 1 saturated carbocycles. The van der Waals surface area contributed by atoms with E-state index in [1.165, 1.54) is 19.3 Å². The Bertz CT molecular complexity index is 317. The summed E-state index contributed by atoms with van der Waals surface area (Å²) in [6.45, 7) is 8.77. The van der Waals surface area contributed by atoms with Crippen LogP contribution in [0.5, 0.6) is 0 Å². The van der Waals surface area contributed by atoms with E-state index in [0.717, 1.165) is 44.7 Å². The molecule has 1 saturated heterocycles. The minimum atomic E-state index is -0.0932. The number of rotatable bonds is 5. The molecule has 1 amide bonds. The first-order chi connectivity index (χ1) is 9.63. The molecule has 3 atom stereocenters. The van der Waals surface area contributed by atoms with E-state index in [9.17, 15) is 4.79 Å². The van der Waals surface area contributed by atoms with E-state index >= 15 is 0 Å². The fourth-order valence-corrected chi connectivity index (χ4v) is 4.32. The molecule has 1 aliphatic heterocycles. The van der Waals surface area contributed by atoms with Crippen LogP contribution in [0.4, 0.5) is 0 Å². The number of hydrogen-bond acceptors (Lipinski definition) is 2. The molecule has 2 rings (SSSR count). The second-order valence-electron chi connectivity index (χ2n) is 6.97. The Morgan fingerprint density at radius 2 is 1.95 bits per heavy atom. The summed E-state index contributed by atoms with van der Waals surface area (Å²) in [5.41, 5.74) is -0.0932. The highest BCUT2D eigenvalue weighted by atomic mass is 16.2. The molecule has 2 N–H and O–H groups in total. The van der Waals surface area contributed by atoms with Gasteiger partial charge in [-0.2, -0.15) is 0 Å². The van der Waals surface area contributed by atoms with E-state index in [2.05, 4.69) is 31.4 Å². The van der Waals surface area contributed by atoms with Gasteiger partial charge in [0.1, 0.15) is 0 Å². The van der Waals surface area contributed by atoms with Crippen molar-refractivity contribution < 1.29 is 4.79 Å². The molecule has 3 heteroatoms. The molecule has 0 aromatic rings. The third kappa shape index (κ3) is 3.19. The lowest BCUT2D eigenvalue weighted by atomic mass is 9.74. The standard InChI is InChI=1S/C17H32N2O/c1-4-8-17(9-11-18-12-10-17)16(20)19-15-7-6-14(5-2)13(15)3/h13-15,18H,4-12H2,1-3H3,(H,19,20). The number of carbonyl (C=O) groups is 1. The van der Waals surface area contributed by atoms with Crippen molar-refractivity contribution in [3.63, 3.8) is 0 Å². The first-order valence-corrected chi connectivity index (χ1v) is 8.64. The number of hydrogen-bond donors (Lipinski definition) is 2. The van der Waals surface area contributed by atoms with E-state index in [1.54, 1.807) is 0 Å². The van der Waals surface area contributed by atoms with Gasteiger partial charge in [-0.1, -0.05) is 33.6 Å². The summed E-state index contributed by atoms with van der Waals surface area (Å²) in [7, 11) is 0. The lowest BCUT2D eigenvalue weighted by molar-refractivity contribution is -0.134. The number of nitrogens with one attached hydrogen (secondary N) is 2. The first kappa shape index (κ1) is 15.8. The lowest BCUT2D eigenvalue weighted by Crippen LogP contribution is -2.51. The summed E-state index contributed by atoms with van der Waals surface area (Å²) >= 11 is 0. The zero-order valence-corrected chi connectivity index (χ0v) is 13.5. The Labute approximate surface area is 124 Å². The van der Waals surface area contributed by atoms with Crippen molar-refractivity contribution in [2.75, 3.05) is 13.1 Å². The van der Waals surface area contributed by atoms with Crippen LogP contribution in [-0.2, 0) is 4.79 Å². The van der Waals surface area contributed by atoms with Crippen LogP contribution in [0.2, 0.25) is 0 Å². The van der Waals surface area contributed by atoms with Gasteiger partial charge in [-0.15, -0.1) is 0 Å². The molecule has 1 aliphatic carbocycles. The lowest BCUT2D eigenvalue weighted by Gasteiger charge is -2.37. The zero-order chi connectivity index (χ0) is 14.6. The summed E-state index contributed by atoms with van der Waals surface area (Å²) in [6, 6.07) is 0.413. The van der Waals surface area contributed by atoms with Gasteiger partial charge in [0.2, 0.25) is 5.91 Å². The van der Waals surface area contributed by atoms with Gasteiger partial charge in [0.05, 0.1) is 5.41 Å². The topological polar surface area (TPSA) is 41.1 Å². The van der Waals surface area contributed by atoms with Crippen LogP contribution < -0.4 is 10.6 Å². The summed E-state index contributed by atoms with van der Waals surface area (Å²) < 4.78 is 0. The molecule has 2 fully saturated rings. The molecule has 0 radical (unpaired) electrons. The third-order valence-corrected chi connectivity index (χ3v) is 5.84. The molecule has 3 nitrogen and oxygen atoms in total. The van der Waals surface area contributed by atoms with Crippen LogP contribution in [0.15, 0.2) is 0 Å². The Balaban J connectivity index is 1.98. The highest BCUT2D eigenvalue weighted by Gasteiger charge is 2.41. The average molecular weight is 280 g/mol. The fourth-order valence-electron chi connectivity index (χ4n) is 4.32. The Kier molecular flexibility index (Phi) is 5.48. The molecule has 1 heterocycles. The number of piperidine rings is 1. The van der Waals surface area contributed by atoms with Gasteiger partial charge < -0.3 is 10.6 Å². The molecule has 2 aliphatic rings. The van der Waals surface area contributed by atoms with Gasteiger partial charge in [-0.3, -0.25) is 4.79 Å². The van der Waals surface area contributed by atoms with Crippen molar-refractivity contribution in [1.29, 1.82) is 0 Å². The predicted molar refractivity (Wildman–Crippen MR) is 83.6 cm³/mol. The quantitative estimate of drug-likeness (QED) is 0.812. The van der Waals surface area contributed by atoms with Crippen molar-refractivity contribution in [2.24, 2.45) is 17.3 Å². The molecule has 20 heavy (non-hydrogen) atoms. The summed E-state index contributed by atoms with van der Waals surface area (Å²) in [5.74, 6) is 1.79. The van der Waals surface area contributed by atoms with Crippen molar-refractivity contribution in [2.45, 2.75) is 71.8 Å². The van der Waals surface area contributed by atoms with Crippen molar-refractivity contribution >= 4 is 5.91 Å². The predicted octanol–water partition coefficient (Wildman–Crippen LogP) is 3.10. The van der Waals surface area contributed by atoms with Gasteiger partial charge in [-0.25, -0.2) is 0 Å². The first-order valence-electron chi connectivity index (χ1n) is 8.64. The fraction of sp³-hybridized carbons (Fsp3) is 0.941. The van der Waals surface area contributed by atoms with Gasteiger partial charge in [0, 0.05) is 6.04 Å². The molecule has 0 aromatic heterocycles. The average Bonchev–Trinajstić information content (AvgIpc) is 2.81. The highest BCUT2D eigenvalue weighted by Crippen LogP contribution is 2.37. The van der Waals surface area contributed by atoms with Gasteiger partial charge in [-0.05, 0) is 57.0 Å². The van der Waals surface area contributed by atoms with Crippen LogP contribution in [0, 0.1) is 17.3 Å². The Morgan fingerprint density at radius 3 is 2.50 bits per heavy atom. The summed E-state index contributed by atoms with van der Waals surface area (Å²) in [4.78, 5) is 12.9. The maximum Gasteiger partial charge on any atom is 0.226 e. The monoisotopic (exact) mass is 280 g/mol. The van der Waals surface area contributed by atoms with Crippen LogP contribution in [0.25, 0.3) is 0 Å². The molecule has 0 spiro atoms. The minimum absolute atomic E-state index is 0.0932. The van der Waals surface area contributed by atoms with Crippen LogP contribution in [0.3, 0.4) is 0 Å². The van der Waals surface area contributed by atoms with Gasteiger partial charge >= 0.3 is 0 Å². The highest BCUT2D eigenvalue weighted by molar-refractivity contribution is 5.83. The van der Waals surface area contributed by atoms with E-state index in [1.807, 2.05) is 0 Å². The second-order valence-corrected chi connectivity index (χ2v) is 6.97. The summed E-state index contributed by atoms with van der Waals surface area (Å²) in [6.07, 6.45) is 7.86. The van der Waals surface area contributed by atoms with E-state index < -0.39 is 0 Å². The Morgan fingerprint density at radius 1 is 1.25 bits per heavy atom. The molecule has 3 unspecified atom stereocenters. The minimum Gasteiger partial charge on any atom is -0.353 e. The number of amides is 1.